The minimum absolute atomic E-state index is 0.0529. The van der Waals surface area contributed by atoms with Crippen LogP contribution in [0.1, 0.15) is 149 Å². The number of unbranched alkanes of at least 4 members (excludes halogenated alkanes) is 11. The van der Waals surface area contributed by atoms with Crippen LogP contribution >= 0.6 is 7.82 Å². The maximum absolute atomic E-state index is 12.8. The summed E-state index contributed by atoms with van der Waals surface area (Å²) < 4.78 is 23.4. The number of hydrogen-bond acceptors (Lipinski definition) is 5. The van der Waals surface area contributed by atoms with Gasteiger partial charge in [0.15, 0.2) is 0 Å². The minimum Gasteiger partial charge on any atom is -0.387 e. The number of nitrogens with zero attached hydrogens (tertiary/aromatic N) is 1. The fourth-order valence-electron chi connectivity index (χ4n) is 5.55. The summed E-state index contributed by atoms with van der Waals surface area (Å²) >= 11 is 0. The van der Waals surface area contributed by atoms with Crippen LogP contribution in [0.3, 0.4) is 0 Å². The van der Waals surface area contributed by atoms with E-state index < -0.39 is 20.0 Å². The predicted molar refractivity (Wildman–Crippen MR) is 244 cm³/mol. The molecule has 0 aliphatic carbocycles. The maximum Gasteiger partial charge on any atom is 0.472 e. The van der Waals surface area contributed by atoms with Crippen molar-refractivity contribution >= 4 is 13.7 Å². The Hall–Kier alpha value is -2.58. The van der Waals surface area contributed by atoms with Crippen LogP contribution in [0.2, 0.25) is 0 Å². The molecule has 0 radical (unpaired) electrons. The van der Waals surface area contributed by atoms with E-state index in [0.717, 1.165) is 103 Å². The summed E-state index contributed by atoms with van der Waals surface area (Å²) in [5.74, 6) is -0.200. The summed E-state index contributed by atoms with van der Waals surface area (Å²) in [5, 5.41) is 13.6. The average Bonchev–Trinajstić information content (AvgIpc) is 3.16. The van der Waals surface area contributed by atoms with Crippen molar-refractivity contribution in [3.05, 3.63) is 97.2 Å². The maximum atomic E-state index is 12.8. The molecule has 0 heterocycles. The lowest BCUT2D eigenvalue weighted by atomic mass is 10.1. The van der Waals surface area contributed by atoms with Crippen LogP contribution < -0.4 is 5.32 Å². The largest absolute Gasteiger partial charge is 0.472 e. The van der Waals surface area contributed by atoms with Gasteiger partial charge in [0.2, 0.25) is 5.91 Å². The van der Waals surface area contributed by atoms with E-state index in [2.05, 4.69) is 104 Å². The number of quaternary nitrogens is 1. The van der Waals surface area contributed by atoms with Crippen LogP contribution in [0, 0.1) is 0 Å². The minimum atomic E-state index is -4.33. The number of carbonyl (C=O) groups is 1. The van der Waals surface area contributed by atoms with Gasteiger partial charge in [-0.3, -0.25) is 13.8 Å². The topological polar surface area (TPSA) is 105 Å². The van der Waals surface area contributed by atoms with Crippen molar-refractivity contribution in [2.24, 2.45) is 0 Å². The van der Waals surface area contributed by atoms with Crippen molar-refractivity contribution in [3.63, 3.8) is 0 Å². The number of amides is 1. The molecule has 0 fully saturated rings. The Morgan fingerprint density at radius 2 is 1.05 bits per heavy atom. The number of rotatable bonds is 38. The number of aliphatic hydroxyl groups is 1. The highest BCUT2D eigenvalue weighted by atomic mass is 31.2. The first kappa shape index (κ1) is 54.4. The Bertz CT molecular complexity index is 1240. The Kier molecular flexibility index (Phi) is 37.2. The van der Waals surface area contributed by atoms with Crippen molar-refractivity contribution in [1.82, 2.24) is 5.32 Å². The number of likely N-dealkylation sites (N-methyl/N-ethyl adjacent to an activating group) is 1. The predicted octanol–water partition coefficient (Wildman–Crippen LogP) is 12.4. The fourth-order valence-corrected chi connectivity index (χ4v) is 6.28. The van der Waals surface area contributed by atoms with Gasteiger partial charge in [-0.2, -0.15) is 0 Å². The van der Waals surface area contributed by atoms with E-state index in [0.29, 0.717) is 17.4 Å². The van der Waals surface area contributed by atoms with E-state index in [1.165, 1.54) is 25.7 Å². The molecule has 0 aromatic heterocycles. The number of nitrogens with one attached hydrogen (secondary N) is 1. The van der Waals surface area contributed by atoms with Crippen LogP contribution in [0.4, 0.5) is 0 Å². The lowest BCUT2D eigenvalue weighted by Crippen LogP contribution is -2.45. The molecular weight excluding hydrogens is 732 g/mol. The number of phosphoric acid groups is 1. The number of aliphatic hydroxyl groups excluding tert-OH is 1. The number of carbonyl (C=O) groups excluding carboxylic acids is 1. The molecule has 0 aromatic carbocycles. The second kappa shape index (κ2) is 38.9. The second-order valence-electron chi connectivity index (χ2n) is 15.7. The SMILES string of the molecule is CC/C=C\C/C=C\C/C=C\C/C=C\C/C=C\C/C=C\C/C=C\CCCCCCCCCC(=O)NC(COP(=O)(O)OCC[N+](C)(C)C)C(O)/C=C/CCCCCC. The Balaban J connectivity index is 4.15. The normalized spacial score (nSPS) is 15.3. The highest BCUT2D eigenvalue weighted by Gasteiger charge is 2.27. The summed E-state index contributed by atoms with van der Waals surface area (Å²) in [6.45, 7) is 4.57. The molecule has 0 bridgehead atoms. The lowest BCUT2D eigenvalue weighted by Gasteiger charge is -2.25. The monoisotopic (exact) mass is 816 g/mol. The molecular formula is C48H84N2O6P+. The zero-order chi connectivity index (χ0) is 42.1. The Labute approximate surface area is 349 Å². The van der Waals surface area contributed by atoms with Gasteiger partial charge < -0.3 is 19.8 Å². The number of allylic oxidation sites excluding steroid dienone is 15. The molecule has 3 unspecified atom stereocenters. The van der Waals surface area contributed by atoms with E-state index in [-0.39, 0.29) is 19.1 Å². The zero-order valence-electron chi connectivity index (χ0n) is 36.8. The first-order chi connectivity index (χ1) is 27.5. The molecule has 3 N–H and O–H groups in total. The molecule has 0 saturated carbocycles. The molecule has 0 aromatic rings. The van der Waals surface area contributed by atoms with Crippen molar-refractivity contribution in [1.29, 1.82) is 0 Å². The summed E-state index contributed by atoms with van der Waals surface area (Å²) in [6.07, 6.45) is 55.1. The Morgan fingerprint density at radius 3 is 1.54 bits per heavy atom. The molecule has 0 spiro atoms. The van der Waals surface area contributed by atoms with Crippen LogP contribution in [0.5, 0.6) is 0 Å². The second-order valence-corrected chi connectivity index (χ2v) is 17.1. The average molecular weight is 816 g/mol. The van der Waals surface area contributed by atoms with Gasteiger partial charge >= 0.3 is 7.82 Å². The number of phosphoric ester groups is 1. The van der Waals surface area contributed by atoms with Gasteiger partial charge in [-0.25, -0.2) is 4.57 Å². The summed E-state index contributed by atoms with van der Waals surface area (Å²) in [5.41, 5.74) is 0. The van der Waals surface area contributed by atoms with E-state index in [9.17, 15) is 19.4 Å². The van der Waals surface area contributed by atoms with Gasteiger partial charge in [-0.1, -0.05) is 162 Å². The van der Waals surface area contributed by atoms with Crippen LogP contribution in [0.15, 0.2) is 97.2 Å². The molecule has 0 aliphatic heterocycles. The third kappa shape index (κ3) is 41.4. The van der Waals surface area contributed by atoms with E-state index in [1.807, 2.05) is 27.2 Å². The lowest BCUT2D eigenvalue weighted by molar-refractivity contribution is -0.870. The first-order valence-corrected chi connectivity index (χ1v) is 23.6. The highest BCUT2D eigenvalue weighted by Crippen LogP contribution is 2.43. The highest BCUT2D eigenvalue weighted by molar-refractivity contribution is 7.47. The van der Waals surface area contributed by atoms with E-state index in [4.69, 9.17) is 9.05 Å². The van der Waals surface area contributed by atoms with Crippen LogP contribution in [-0.2, 0) is 18.4 Å². The van der Waals surface area contributed by atoms with Crippen LogP contribution in [-0.4, -0.2) is 73.4 Å². The molecule has 0 aliphatic rings. The Morgan fingerprint density at radius 1 is 0.614 bits per heavy atom. The zero-order valence-corrected chi connectivity index (χ0v) is 37.7. The first-order valence-electron chi connectivity index (χ1n) is 22.1. The van der Waals surface area contributed by atoms with Crippen molar-refractivity contribution in [3.8, 4) is 0 Å². The third-order valence-corrected chi connectivity index (χ3v) is 10.0. The summed E-state index contributed by atoms with van der Waals surface area (Å²) in [4.78, 5) is 23.0. The molecule has 8 nitrogen and oxygen atoms in total. The molecule has 0 saturated heterocycles. The molecule has 0 rings (SSSR count). The van der Waals surface area contributed by atoms with Gasteiger partial charge in [0.25, 0.3) is 0 Å². The molecule has 326 valence electrons. The molecule has 57 heavy (non-hydrogen) atoms. The van der Waals surface area contributed by atoms with Crippen molar-refractivity contribution in [2.75, 3.05) is 40.9 Å². The quantitative estimate of drug-likeness (QED) is 0.0248. The van der Waals surface area contributed by atoms with Gasteiger partial charge in [-0.05, 0) is 77.0 Å². The standard InChI is InChI=1S/C48H83N2O6P/c1-6-8-10-12-14-15-16-17-18-19-20-21-22-23-24-25-26-27-28-29-30-31-32-33-34-35-36-38-40-42-48(52)49-46(47(51)41-39-37-13-11-9-7-2)45-56-57(53,54)55-44-43-50(3,4)5/h8,10,14-15,17-18,20-21,23-24,26-27,29-30,39,41,46-47,51H,6-7,9,11-13,16,19,22,25,28,31-38,40,42-45H2,1-5H3,(H-,49,52,53,54)/p+1/b10-8-,15-14-,18-17-,21-20-,24-23-,27-26-,30-29-,41-39+. The van der Waals surface area contributed by atoms with Gasteiger partial charge in [0.1, 0.15) is 13.2 Å². The third-order valence-electron chi connectivity index (χ3n) is 9.06. The van der Waals surface area contributed by atoms with E-state index in [1.54, 1.807) is 6.08 Å². The van der Waals surface area contributed by atoms with Crippen LogP contribution in [0.25, 0.3) is 0 Å². The van der Waals surface area contributed by atoms with E-state index >= 15 is 0 Å². The summed E-state index contributed by atoms with van der Waals surface area (Å²) in [6, 6.07) is -0.855. The van der Waals surface area contributed by atoms with Gasteiger partial charge in [0.05, 0.1) is 39.9 Å². The number of hydrogen-bond donors (Lipinski definition) is 3. The molecule has 1 amide bonds. The molecule has 9 heteroatoms. The van der Waals surface area contributed by atoms with Crippen molar-refractivity contribution in [2.45, 2.75) is 161 Å². The van der Waals surface area contributed by atoms with Gasteiger partial charge in [-0.15, -0.1) is 0 Å². The fraction of sp³-hybridized carbons (Fsp3) is 0.646. The smallest absolute Gasteiger partial charge is 0.387 e. The van der Waals surface area contributed by atoms with Gasteiger partial charge in [0, 0.05) is 6.42 Å². The summed E-state index contributed by atoms with van der Waals surface area (Å²) in [7, 11) is 1.54. The molecule has 3 atom stereocenters. The van der Waals surface area contributed by atoms with Crippen molar-refractivity contribution < 1.29 is 32.9 Å².